The number of aryl methyl sites for hydroxylation is 2. The summed E-state index contributed by atoms with van der Waals surface area (Å²) in [5.74, 6) is -0.269. The summed E-state index contributed by atoms with van der Waals surface area (Å²) in [5.41, 5.74) is 4.48. The van der Waals surface area contributed by atoms with Gasteiger partial charge in [0.1, 0.15) is 0 Å². The highest BCUT2D eigenvalue weighted by molar-refractivity contribution is 5.98. The van der Waals surface area contributed by atoms with Crippen molar-refractivity contribution >= 4 is 23.2 Å². The van der Waals surface area contributed by atoms with Gasteiger partial charge in [-0.3, -0.25) is 9.59 Å². The fourth-order valence-electron chi connectivity index (χ4n) is 2.87. The quantitative estimate of drug-likeness (QED) is 0.584. The number of amides is 2. The van der Waals surface area contributed by atoms with E-state index in [1.807, 2.05) is 19.1 Å². The second kappa shape index (κ2) is 10.4. The maximum absolute atomic E-state index is 12.3. The van der Waals surface area contributed by atoms with E-state index in [4.69, 9.17) is 0 Å². The van der Waals surface area contributed by atoms with Crippen molar-refractivity contribution in [3.05, 3.63) is 59.2 Å². The summed E-state index contributed by atoms with van der Waals surface area (Å²) in [4.78, 5) is 24.5. The van der Waals surface area contributed by atoms with Crippen molar-refractivity contribution in [3.8, 4) is 0 Å². The lowest BCUT2D eigenvalue weighted by Crippen LogP contribution is -2.25. The second-order valence-corrected chi connectivity index (χ2v) is 6.55. The molecule has 0 aliphatic carbocycles. The Morgan fingerprint density at radius 2 is 1.81 bits per heavy atom. The number of para-hydroxylation sites is 1. The van der Waals surface area contributed by atoms with E-state index in [1.54, 1.807) is 24.3 Å². The van der Waals surface area contributed by atoms with Crippen molar-refractivity contribution in [2.75, 3.05) is 23.7 Å². The van der Waals surface area contributed by atoms with Gasteiger partial charge >= 0.3 is 0 Å². The molecule has 27 heavy (non-hydrogen) atoms. The van der Waals surface area contributed by atoms with E-state index in [0.29, 0.717) is 17.8 Å². The predicted octanol–water partition coefficient (Wildman–Crippen LogP) is 4.14. The minimum absolute atomic E-state index is 0.120. The van der Waals surface area contributed by atoms with E-state index in [9.17, 15) is 9.59 Å². The predicted molar refractivity (Wildman–Crippen MR) is 111 cm³/mol. The number of hydrogen-bond acceptors (Lipinski definition) is 3. The van der Waals surface area contributed by atoms with Crippen LogP contribution in [0.2, 0.25) is 0 Å². The van der Waals surface area contributed by atoms with Gasteiger partial charge in [-0.15, -0.1) is 0 Å². The molecule has 0 aromatic heterocycles. The second-order valence-electron chi connectivity index (χ2n) is 6.55. The SMILES string of the molecule is CCCCNC(=O)c1cccc(NC(=O)CNc2c(C)cccc2CC)c1. The molecule has 5 heteroatoms. The van der Waals surface area contributed by atoms with Gasteiger partial charge in [0.2, 0.25) is 5.91 Å². The number of unbranched alkanes of at least 4 members (excludes halogenated alkanes) is 1. The molecule has 0 aliphatic rings. The molecule has 144 valence electrons. The molecule has 0 bridgehead atoms. The van der Waals surface area contributed by atoms with Gasteiger partial charge in [0.05, 0.1) is 6.54 Å². The highest BCUT2D eigenvalue weighted by atomic mass is 16.2. The van der Waals surface area contributed by atoms with Crippen LogP contribution in [0, 0.1) is 6.92 Å². The normalized spacial score (nSPS) is 10.3. The van der Waals surface area contributed by atoms with Crippen molar-refractivity contribution in [2.45, 2.75) is 40.0 Å². The molecule has 0 radical (unpaired) electrons. The Balaban J connectivity index is 1.94. The maximum atomic E-state index is 12.3. The van der Waals surface area contributed by atoms with E-state index in [2.05, 4.69) is 35.9 Å². The third-order valence-corrected chi connectivity index (χ3v) is 4.39. The summed E-state index contributed by atoms with van der Waals surface area (Å²) in [6.45, 7) is 7.03. The molecule has 2 rings (SSSR count). The molecule has 0 saturated carbocycles. The first-order chi connectivity index (χ1) is 13.0. The van der Waals surface area contributed by atoms with Gasteiger partial charge in [-0.05, 0) is 49.1 Å². The van der Waals surface area contributed by atoms with Crippen LogP contribution in [-0.4, -0.2) is 24.9 Å². The van der Waals surface area contributed by atoms with Crippen LogP contribution in [0.3, 0.4) is 0 Å². The van der Waals surface area contributed by atoms with Crippen LogP contribution >= 0.6 is 0 Å². The van der Waals surface area contributed by atoms with Gasteiger partial charge in [0, 0.05) is 23.5 Å². The minimum Gasteiger partial charge on any atom is -0.376 e. The van der Waals surface area contributed by atoms with Gasteiger partial charge in [0.25, 0.3) is 5.91 Å². The smallest absolute Gasteiger partial charge is 0.251 e. The van der Waals surface area contributed by atoms with Crippen LogP contribution in [0.25, 0.3) is 0 Å². The molecule has 0 unspecified atom stereocenters. The van der Waals surface area contributed by atoms with Crippen LogP contribution in [0.5, 0.6) is 0 Å². The molecule has 0 heterocycles. The highest BCUT2D eigenvalue weighted by Gasteiger charge is 2.09. The standard InChI is InChI=1S/C22H29N3O2/c1-4-6-13-23-22(27)18-11-8-12-19(14-18)25-20(26)15-24-21-16(3)9-7-10-17(21)5-2/h7-12,14,24H,4-6,13,15H2,1-3H3,(H,23,27)(H,25,26). The molecule has 5 nitrogen and oxygen atoms in total. The zero-order valence-corrected chi connectivity index (χ0v) is 16.4. The average Bonchev–Trinajstić information content (AvgIpc) is 2.67. The molecule has 0 atom stereocenters. The van der Waals surface area contributed by atoms with Crippen molar-refractivity contribution in [1.29, 1.82) is 0 Å². The van der Waals surface area contributed by atoms with Crippen molar-refractivity contribution < 1.29 is 9.59 Å². The van der Waals surface area contributed by atoms with Crippen LogP contribution in [0.4, 0.5) is 11.4 Å². The Morgan fingerprint density at radius 3 is 2.56 bits per heavy atom. The van der Waals surface area contributed by atoms with Crippen molar-refractivity contribution in [2.24, 2.45) is 0 Å². The Labute approximate surface area is 161 Å². The molecule has 0 aliphatic heterocycles. The van der Waals surface area contributed by atoms with Crippen LogP contribution < -0.4 is 16.0 Å². The molecular formula is C22H29N3O2. The van der Waals surface area contributed by atoms with Gasteiger partial charge < -0.3 is 16.0 Å². The van der Waals surface area contributed by atoms with Gasteiger partial charge in [-0.25, -0.2) is 0 Å². The fourth-order valence-corrected chi connectivity index (χ4v) is 2.87. The molecule has 2 aromatic carbocycles. The van der Waals surface area contributed by atoms with Crippen molar-refractivity contribution in [3.63, 3.8) is 0 Å². The summed E-state index contributed by atoms with van der Waals surface area (Å²) in [6, 6.07) is 13.1. The summed E-state index contributed by atoms with van der Waals surface area (Å²) >= 11 is 0. The number of carbonyl (C=O) groups excluding carboxylic acids is 2. The largest absolute Gasteiger partial charge is 0.376 e. The lowest BCUT2D eigenvalue weighted by molar-refractivity contribution is -0.114. The third-order valence-electron chi connectivity index (χ3n) is 4.39. The summed E-state index contributed by atoms with van der Waals surface area (Å²) in [6.07, 6.45) is 2.89. The van der Waals surface area contributed by atoms with Gasteiger partial charge in [0.15, 0.2) is 0 Å². The van der Waals surface area contributed by atoms with Crippen LogP contribution in [-0.2, 0) is 11.2 Å². The summed E-state index contributed by atoms with van der Waals surface area (Å²) in [7, 11) is 0. The molecule has 2 amide bonds. The highest BCUT2D eigenvalue weighted by Crippen LogP contribution is 2.20. The molecular weight excluding hydrogens is 338 g/mol. The number of anilines is 2. The van der Waals surface area contributed by atoms with Gasteiger partial charge in [-0.1, -0.05) is 44.5 Å². The molecule has 2 aromatic rings. The lowest BCUT2D eigenvalue weighted by Gasteiger charge is -2.14. The molecule has 0 saturated heterocycles. The van der Waals surface area contributed by atoms with E-state index >= 15 is 0 Å². The lowest BCUT2D eigenvalue weighted by atomic mass is 10.1. The molecule has 0 fully saturated rings. The van der Waals surface area contributed by atoms with E-state index in [1.165, 1.54) is 5.56 Å². The third kappa shape index (κ3) is 6.13. The molecule has 3 N–H and O–H groups in total. The first-order valence-electron chi connectivity index (χ1n) is 9.55. The Hall–Kier alpha value is -2.82. The zero-order valence-electron chi connectivity index (χ0n) is 16.4. The van der Waals surface area contributed by atoms with Crippen molar-refractivity contribution in [1.82, 2.24) is 5.32 Å². The van der Waals surface area contributed by atoms with E-state index in [-0.39, 0.29) is 18.4 Å². The summed E-state index contributed by atoms with van der Waals surface area (Å²) in [5, 5.41) is 8.97. The summed E-state index contributed by atoms with van der Waals surface area (Å²) < 4.78 is 0. The first-order valence-corrected chi connectivity index (χ1v) is 9.55. The number of hydrogen-bond donors (Lipinski definition) is 3. The minimum atomic E-state index is -0.149. The topological polar surface area (TPSA) is 70.2 Å². The van der Waals surface area contributed by atoms with Crippen LogP contribution in [0.1, 0.15) is 48.2 Å². The first kappa shape index (κ1) is 20.5. The van der Waals surface area contributed by atoms with E-state index < -0.39 is 0 Å². The average molecular weight is 367 g/mol. The monoisotopic (exact) mass is 367 g/mol. The zero-order chi connectivity index (χ0) is 19.6. The van der Waals surface area contributed by atoms with Gasteiger partial charge in [-0.2, -0.15) is 0 Å². The number of carbonyl (C=O) groups is 2. The van der Waals surface area contributed by atoms with Crippen LogP contribution in [0.15, 0.2) is 42.5 Å². The number of benzene rings is 2. The number of rotatable bonds is 9. The Kier molecular flexibility index (Phi) is 7.86. The maximum Gasteiger partial charge on any atom is 0.251 e. The Bertz CT molecular complexity index is 787. The fraction of sp³-hybridized carbons (Fsp3) is 0.364. The Morgan fingerprint density at radius 1 is 1.04 bits per heavy atom. The number of nitrogens with one attached hydrogen (secondary N) is 3. The molecule has 0 spiro atoms. The van der Waals surface area contributed by atoms with E-state index in [0.717, 1.165) is 30.5 Å².